The van der Waals surface area contributed by atoms with Crippen LogP contribution in [-0.2, 0) is 4.79 Å². The molecule has 0 spiro atoms. The maximum absolute atomic E-state index is 13.3. The SMILES string of the molecule is CC(C)[C@@H](C)/C=C/[C@@H](C)[C@@H]1CC[C@H]2[C@H]3CC(=O)[C@H]4C[C@@H](Cl)CC[C@]4(C)[C@@H]3CC[C@@]21C. The Hall–Kier alpha value is -0.300. The number of allylic oxidation sites excluding steroid dienone is 2. The molecule has 0 unspecified atom stereocenters. The number of hydrogen-bond donors (Lipinski definition) is 0. The first-order valence-electron chi connectivity index (χ1n) is 12.9. The lowest BCUT2D eigenvalue weighted by molar-refractivity contribution is -0.153. The van der Waals surface area contributed by atoms with E-state index in [0.29, 0.717) is 34.9 Å². The van der Waals surface area contributed by atoms with Crippen molar-refractivity contribution in [1.29, 1.82) is 0 Å². The van der Waals surface area contributed by atoms with Gasteiger partial charge in [0.1, 0.15) is 5.78 Å². The average molecular weight is 433 g/mol. The third kappa shape index (κ3) is 3.64. The predicted octanol–water partition coefficient (Wildman–Crippen LogP) is 7.92. The summed E-state index contributed by atoms with van der Waals surface area (Å²) in [5.41, 5.74) is 0.627. The first-order chi connectivity index (χ1) is 14.1. The summed E-state index contributed by atoms with van der Waals surface area (Å²) < 4.78 is 0. The maximum atomic E-state index is 13.3. The summed E-state index contributed by atoms with van der Waals surface area (Å²) >= 11 is 6.52. The molecule has 0 aromatic rings. The van der Waals surface area contributed by atoms with Gasteiger partial charge in [-0.05, 0) is 97.2 Å². The fourth-order valence-corrected chi connectivity index (χ4v) is 8.89. The molecule has 0 aromatic carbocycles. The molecule has 1 nitrogen and oxygen atoms in total. The Morgan fingerprint density at radius 3 is 2.30 bits per heavy atom. The van der Waals surface area contributed by atoms with Crippen molar-refractivity contribution in [3.05, 3.63) is 12.2 Å². The van der Waals surface area contributed by atoms with Gasteiger partial charge in [0.25, 0.3) is 0 Å². The van der Waals surface area contributed by atoms with E-state index in [1.54, 1.807) is 0 Å². The fourth-order valence-electron chi connectivity index (χ4n) is 8.60. The van der Waals surface area contributed by atoms with Crippen LogP contribution >= 0.6 is 11.6 Å². The largest absolute Gasteiger partial charge is 0.299 e. The maximum Gasteiger partial charge on any atom is 0.136 e. The van der Waals surface area contributed by atoms with Gasteiger partial charge in [0.2, 0.25) is 0 Å². The van der Waals surface area contributed by atoms with Crippen molar-refractivity contribution in [3.63, 3.8) is 0 Å². The molecule has 10 atom stereocenters. The first-order valence-corrected chi connectivity index (χ1v) is 13.4. The van der Waals surface area contributed by atoms with Crippen molar-refractivity contribution in [2.45, 2.75) is 98.3 Å². The third-order valence-electron chi connectivity index (χ3n) is 10.9. The van der Waals surface area contributed by atoms with E-state index >= 15 is 0 Å². The Kier molecular flexibility index (Phi) is 6.28. The second-order valence-electron chi connectivity index (χ2n) is 12.6. The molecule has 0 N–H and O–H groups in total. The van der Waals surface area contributed by atoms with E-state index in [0.717, 1.165) is 43.4 Å². The number of rotatable bonds is 4. The van der Waals surface area contributed by atoms with Crippen LogP contribution in [0, 0.1) is 58.2 Å². The molecule has 0 bridgehead atoms. The number of ketones is 1. The molecule has 0 radical (unpaired) electrons. The zero-order valence-corrected chi connectivity index (χ0v) is 21.0. The molecule has 30 heavy (non-hydrogen) atoms. The van der Waals surface area contributed by atoms with E-state index in [2.05, 4.69) is 53.7 Å². The topological polar surface area (TPSA) is 17.1 Å². The highest BCUT2D eigenvalue weighted by atomic mass is 35.5. The number of alkyl halides is 1. The number of carbonyl (C=O) groups is 1. The molecule has 170 valence electrons. The Morgan fingerprint density at radius 2 is 1.60 bits per heavy atom. The monoisotopic (exact) mass is 432 g/mol. The van der Waals surface area contributed by atoms with E-state index in [4.69, 9.17) is 11.6 Å². The third-order valence-corrected chi connectivity index (χ3v) is 11.3. The summed E-state index contributed by atoms with van der Waals surface area (Å²) in [5.74, 6) is 5.68. The van der Waals surface area contributed by atoms with Crippen molar-refractivity contribution in [2.75, 3.05) is 0 Å². The van der Waals surface area contributed by atoms with Gasteiger partial charge in [0, 0.05) is 17.7 Å². The molecule has 2 heteroatoms. The van der Waals surface area contributed by atoms with E-state index in [1.165, 1.54) is 25.7 Å². The van der Waals surface area contributed by atoms with Gasteiger partial charge < -0.3 is 0 Å². The van der Waals surface area contributed by atoms with E-state index in [-0.39, 0.29) is 16.7 Å². The van der Waals surface area contributed by atoms with Gasteiger partial charge in [-0.1, -0.05) is 53.7 Å². The summed E-state index contributed by atoms with van der Waals surface area (Å²) in [7, 11) is 0. The number of halogens is 1. The standard InChI is InChI=1S/C28H45ClO/c1-17(2)18(3)7-8-19(4)22-9-10-23-21-16-26(30)25-15-20(29)11-13-28(25,6)24(21)12-14-27(22,23)5/h7-8,17-25H,9-16H2,1-6H3/b8-7+/t18-,19+,20-,21+,22-,23-,24+,25+,27+,28+/m0/s1. The minimum Gasteiger partial charge on any atom is -0.299 e. The van der Waals surface area contributed by atoms with Crippen LogP contribution < -0.4 is 0 Å². The highest BCUT2D eigenvalue weighted by Gasteiger charge is 2.62. The van der Waals surface area contributed by atoms with Crippen molar-refractivity contribution in [2.24, 2.45) is 58.2 Å². The molecule has 4 aliphatic rings. The fraction of sp³-hybridized carbons (Fsp3) is 0.893. The van der Waals surface area contributed by atoms with Crippen LogP contribution in [-0.4, -0.2) is 11.2 Å². The van der Waals surface area contributed by atoms with E-state index in [9.17, 15) is 4.79 Å². The molecule has 4 rings (SSSR count). The Balaban J connectivity index is 1.54. The summed E-state index contributed by atoms with van der Waals surface area (Å²) in [6, 6.07) is 0. The molecule has 0 amide bonds. The summed E-state index contributed by atoms with van der Waals surface area (Å²) in [6.45, 7) is 14.5. The van der Waals surface area contributed by atoms with Crippen LogP contribution in [0.2, 0.25) is 0 Å². The van der Waals surface area contributed by atoms with Gasteiger partial charge >= 0.3 is 0 Å². The van der Waals surface area contributed by atoms with Crippen molar-refractivity contribution < 1.29 is 4.79 Å². The van der Waals surface area contributed by atoms with Crippen LogP contribution in [0.4, 0.5) is 0 Å². The molecule has 0 heterocycles. The molecule has 0 aromatic heterocycles. The summed E-state index contributed by atoms with van der Waals surface area (Å²) in [4.78, 5) is 13.3. The molecule has 4 aliphatic carbocycles. The van der Waals surface area contributed by atoms with Crippen LogP contribution in [0.3, 0.4) is 0 Å². The van der Waals surface area contributed by atoms with Crippen LogP contribution in [0.15, 0.2) is 12.2 Å². The lowest BCUT2D eigenvalue weighted by atomic mass is 9.44. The highest BCUT2D eigenvalue weighted by Crippen LogP contribution is 2.67. The molecule has 4 fully saturated rings. The smallest absolute Gasteiger partial charge is 0.136 e. The van der Waals surface area contributed by atoms with Gasteiger partial charge in [-0.15, -0.1) is 11.6 Å². The zero-order chi connectivity index (χ0) is 21.8. The zero-order valence-electron chi connectivity index (χ0n) is 20.3. The van der Waals surface area contributed by atoms with Gasteiger partial charge in [-0.3, -0.25) is 4.79 Å². The molecule has 0 saturated heterocycles. The Bertz CT molecular complexity index is 682. The van der Waals surface area contributed by atoms with Crippen molar-refractivity contribution in [1.82, 2.24) is 0 Å². The van der Waals surface area contributed by atoms with Crippen LogP contribution in [0.5, 0.6) is 0 Å². The average Bonchev–Trinajstić information content (AvgIpc) is 3.04. The number of fused-ring (bicyclic) bond motifs is 5. The number of carbonyl (C=O) groups excluding carboxylic acids is 1. The summed E-state index contributed by atoms with van der Waals surface area (Å²) in [5, 5.41) is 0.217. The molecule has 0 aliphatic heterocycles. The van der Waals surface area contributed by atoms with Gasteiger partial charge in [-0.2, -0.15) is 0 Å². The van der Waals surface area contributed by atoms with E-state index in [1.807, 2.05) is 0 Å². The lowest BCUT2D eigenvalue weighted by Crippen LogP contribution is -2.56. The number of hydrogen-bond acceptors (Lipinski definition) is 1. The minimum absolute atomic E-state index is 0.211. The first kappa shape index (κ1) is 22.9. The second-order valence-corrected chi connectivity index (χ2v) is 13.2. The van der Waals surface area contributed by atoms with Crippen LogP contribution in [0.25, 0.3) is 0 Å². The normalized spacial score (nSPS) is 48.3. The van der Waals surface area contributed by atoms with Gasteiger partial charge in [0.15, 0.2) is 0 Å². The van der Waals surface area contributed by atoms with E-state index < -0.39 is 0 Å². The highest BCUT2D eigenvalue weighted by molar-refractivity contribution is 6.20. The Morgan fingerprint density at radius 1 is 0.933 bits per heavy atom. The molecular formula is C28H45ClO. The van der Waals surface area contributed by atoms with Crippen molar-refractivity contribution in [3.8, 4) is 0 Å². The second kappa shape index (κ2) is 8.24. The van der Waals surface area contributed by atoms with Gasteiger partial charge in [0.05, 0.1) is 0 Å². The lowest BCUT2D eigenvalue weighted by Gasteiger charge is -2.60. The minimum atomic E-state index is 0.211. The van der Waals surface area contributed by atoms with Gasteiger partial charge in [-0.25, -0.2) is 0 Å². The Labute approximate surface area is 190 Å². The molecule has 4 saturated carbocycles. The quantitative estimate of drug-likeness (QED) is 0.325. The van der Waals surface area contributed by atoms with Crippen LogP contribution in [0.1, 0.15) is 92.9 Å². The molecular weight excluding hydrogens is 388 g/mol. The van der Waals surface area contributed by atoms with Crippen molar-refractivity contribution >= 4 is 17.4 Å². The number of Topliss-reactive ketones (excluding diaryl/α,β-unsaturated/α-hetero) is 1. The predicted molar refractivity (Wildman–Crippen MR) is 128 cm³/mol. The summed E-state index contributed by atoms with van der Waals surface area (Å²) in [6.07, 6.45) is 14.4.